The van der Waals surface area contributed by atoms with E-state index in [2.05, 4.69) is 10.3 Å². The first-order valence-corrected chi connectivity index (χ1v) is 7.24. The number of hydrogen-bond acceptors (Lipinski definition) is 3. The van der Waals surface area contributed by atoms with Crippen LogP contribution in [0.2, 0.25) is 0 Å². The molecule has 2 nitrogen and oxygen atoms in total. The maximum Gasteiger partial charge on any atom is 0.194 e. The summed E-state index contributed by atoms with van der Waals surface area (Å²) in [4.78, 5) is 4.55. The second-order valence-electron chi connectivity index (χ2n) is 4.88. The van der Waals surface area contributed by atoms with Gasteiger partial charge in [0.05, 0.1) is 6.04 Å². The van der Waals surface area contributed by atoms with Gasteiger partial charge in [0.1, 0.15) is 0 Å². The number of aliphatic imine (C=N–C) groups is 1. The van der Waals surface area contributed by atoms with E-state index >= 15 is 0 Å². The Balaban J connectivity index is 1.78. The SMILES string of the molecule is Fc1cc(NC2=NC3CCCC3CS2)cc(F)c1F. The molecule has 2 atom stereocenters. The molecule has 0 bridgehead atoms. The van der Waals surface area contributed by atoms with Gasteiger partial charge in [0.2, 0.25) is 0 Å². The molecule has 19 heavy (non-hydrogen) atoms. The third kappa shape index (κ3) is 2.59. The minimum atomic E-state index is -1.44. The van der Waals surface area contributed by atoms with Gasteiger partial charge in [0, 0.05) is 23.6 Å². The lowest BCUT2D eigenvalue weighted by molar-refractivity contribution is 0.448. The van der Waals surface area contributed by atoms with E-state index in [0.29, 0.717) is 17.1 Å². The van der Waals surface area contributed by atoms with Crippen LogP contribution in [0, 0.1) is 23.4 Å². The van der Waals surface area contributed by atoms with Gasteiger partial charge in [-0.15, -0.1) is 0 Å². The third-order valence-corrected chi connectivity index (χ3v) is 4.65. The maximum atomic E-state index is 13.1. The van der Waals surface area contributed by atoms with Crippen molar-refractivity contribution in [3.05, 3.63) is 29.6 Å². The molecule has 1 N–H and O–H groups in total. The minimum Gasteiger partial charge on any atom is -0.335 e. The molecule has 1 fully saturated rings. The number of anilines is 1. The van der Waals surface area contributed by atoms with Gasteiger partial charge in [-0.25, -0.2) is 13.2 Å². The highest BCUT2D eigenvalue weighted by Crippen LogP contribution is 2.35. The number of benzene rings is 1. The molecule has 1 aliphatic carbocycles. The van der Waals surface area contributed by atoms with Gasteiger partial charge in [-0.05, 0) is 18.8 Å². The highest BCUT2D eigenvalue weighted by molar-refractivity contribution is 8.14. The highest BCUT2D eigenvalue weighted by Gasteiger charge is 2.31. The average molecular weight is 286 g/mol. The maximum absolute atomic E-state index is 13.1. The average Bonchev–Trinajstić information content (AvgIpc) is 2.83. The summed E-state index contributed by atoms with van der Waals surface area (Å²) in [5.41, 5.74) is 0.194. The summed E-state index contributed by atoms with van der Waals surface area (Å²) in [5, 5.41) is 3.53. The van der Waals surface area contributed by atoms with E-state index in [4.69, 9.17) is 0 Å². The zero-order valence-electron chi connectivity index (χ0n) is 10.1. The van der Waals surface area contributed by atoms with Crippen LogP contribution in [0.5, 0.6) is 0 Å². The number of halogens is 3. The Labute approximate surface area is 113 Å². The molecule has 1 aromatic rings. The number of rotatable bonds is 1. The monoisotopic (exact) mass is 286 g/mol. The quantitative estimate of drug-likeness (QED) is 0.794. The lowest BCUT2D eigenvalue weighted by Gasteiger charge is -2.23. The highest BCUT2D eigenvalue weighted by atomic mass is 32.2. The van der Waals surface area contributed by atoms with Crippen molar-refractivity contribution in [2.45, 2.75) is 25.3 Å². The van der Waals surface area contributed by atoms with Crippen LogP contribution in [-0.2, 0) is 0 Å². The summed E-state index contributed by atoms with van der Waals surface area (Å²) in [5.74, 6) is -2.23. The van der Waals surface area contributed by atoms with Crippen molar-refractivity contribution in [3.63, 3.8) is 0 Å². The molecular weight excluding hydrogens is 273 g/mol. The standard InChI is InChI=1S/C13H13F3N2S/c14-9-4-8(5-10(15)12(9)16)17-13-18-11-3-1-2-7(11)6-19-13/h4-5,7,11H,1-3,6H2,(H,17,18). The zero-order chi connectivity index (χ0) is 13.4. The summed E-state index contributed by atoms with van der Waals surface area (Å²) in [6, 6.07) is 2.21. The van der Waals surface area contributed by atoms with E-state index in [1.807, 2.05) is 0 Å². The van der Waals surface area contributed by atoms with E-state index in [1.54, 1.807) is 11.8 Å². The van der Waals surface area contributed by atoms with E-state index < -0.39 is 17.5 Å². The first-order chi connectivity index (χ1) is 9.13. The molecule has 0 spiro atoms. The molecule has 0 radical (unpaired) electrons. The molecule has 6 heteroatoms. The van der Waals surface area contributed by atoms with Crippen LogP contribution in [0.3, 0.4) is 0 Å². The first kappa shape index (κ1) is 12.8. The van der Waals surface area contributed by atoms with Crippen LogP contribution in [0.4, 0.5) is 18.9 Å². The molecule has 2 unspecified atom stereocenters. The molecule has 0 aromatic heterocycles. The number of nitrogens with one attached hydrogen (secondary N) is 1. The van der Waals surface area contributed by atoms with E-state index in [9.17, 15) is 13.2 Å². The molecule has 2 aliphatic rings. The predicted molar refractivity (Wildman–Crippen MR) is 71.0 cm³/mol. The second kappa shape index (κ2) is 5.07. The fourth-order valence-corrected chi connectivity index (χ4v) is 3.74. The van der Waals surface area contributed by atoms with Crippen molar-refractivity contribution >= 4 is 22.6 Å². The van der Waals surface area contributed by atoms with Crippen LogP contribution >= 0.6 is 11.8 Å². The Hall–Kier alpha value is -1.17. The molecule has 0 saturated heterocycles. The van der Waals surface area contributed by atoms with Gasteiger partial charge in [-0.3, -0.25) is 4.99 Å². The minimum absolute atomic E-state index is 0.194. The number of amidine groups is 1. The van der Waals surface area contributed by atoms with Gasteiger partial charge < -0.3 is 5.32 Å². The van der Waals surface area contributed by atoms with Crippen molar-refractivity contribution < 1.29 is 13.2 Å². The fourth-order valence-electron chi connectivity index (χ4n) is 2.58. The van der Waals surface area contributed by atoms with Gasteiger partial charge >= 0.3 is 0 Å². The lowest BCUT2D eigenvalue weighted by atomic mass is 10.1. The van der Waals surface area contributed by atoms with E-state index in [0.717, 1.165) is 24.3 Å². The number of hydrogen-bond donors (Lipinski definition) is 1. The molecular formula is C13H13F3N2S. The van der Waals surface area contributed by atoms with Crippen molar-refractivity contribution in [2.75, 3.05) is 11.1 Å². The van der Waals surface area contributed by atoms with Crippen LogP contribution < -0.4 is 5.32 Å². The molecule has 1 aromatic carbocycles. The van der Waals surface area contributed by atoms with Crippen molar-refractivity contribution in [3.8, 4) is 0 Å². The van der Waals surface area contributed by atoms with Crippen molar-refractivity contribution in [2.24, 2.45) is 10.9 Å². The molecule has 102 valence electrons. The third-order valence-electron chi connectivity index (χ3n) is 3.57. The van der Waals surface area contributed by atoms with Gasteiger partial charge in [0.25, 0.3) is 0 Å². The van der Waals surface area contributed by atoms with Crippen LogP contribution in [0.25, 0.3) is 0 Å². The lowest BCUT2D eigenvalue weighted by Crippen LogP contribution is -2.25. The summed E-state index contributed by atoms with van der Waals surface area (Å²) >= 11 is 1.55. The van der Waals surface area contributed by atoms with Gasteiger partial charge in [0.15, 0.2) is 22.6 Å². The molecule has 0 amide bonds. The predicted octanol–water partition coefficient (Wildman–Crippen LogP) is 3.79. The smallest absolute Gasteiger partial charge is 0.194 e. The number of nitrogens with zero attached hydrogens (tertiary/aromatic N) is 1. The number of fused-ring (bicyclic) bond motifs is 1. The zero-order valence-corrected chi connectivity index (χ0v) is 10.9. The Morgan fingerprint density at radius 2 is 1.89 bits per heavy atom. The summed E-state index contributed by atoms with van der Waals surface area (Å²) in [6.07, 6.45) is 3.46. The first-order valence-electron chi connectivity index (χ1n) is 6.25. The van der Waals surface area contributed by atoms with Crippen molar-refractivity contribution in [1.82, 2.24) is 0 Å². The summed E-state index contributed by atoms with van der Waals surface area (Å²) in [6.45, 7) is 0. The number of thioether (sulfide) groups is 1. The fraction of sp³-hybridized carbons (Fsp3) is 0.462. The van der Waals surface area contributed by atoms with Gasteiger partial charge in [-0.2, -0.15) is 0 Å². The van der Waals surface area contributed by atoms with Crippen LogP contribution in [-0.4, -0.2) is 17.0 Å². The van der Waals surface area contributed by atoms with E-state index in [-0.39, 0.29) is 5.69 Å². The Morgan fingerprint density at radius 1 is 1.16 bits per heavy atom. The van der Waals surface area contributed by atoms with Crippen LogP contribution in [0.15, 0.2) is 17.1 Å². The molecule has 1 heterocycles. The molecule has 1 aliphatic heterocycles. The van der Waals surface area contributed by atoms with Gasteiger partial charge in [-0.1, -0.05) is 18.2 Å². The Morgan fingerprint density at radius 3 is 2.63 bits per heavy atom. The second-order valence-corrected chi connectivity index (χ2v) is 5.89. The van der Waals surface area contributed by atoms with E-state index in [1.165, 1.54) is 12.8 Å². The normalized spacial score (nSPS) is 25.9. The topological polar surface area (TPSA) is 24.4 Å². The van der Waals surface area contributed by atoms with Crippen molar-refractivity contribution in [1.29, 1.82) is 0 Å². The summed E-state index contributed by atoms with van der Waals surface area (Å²) in [7, 11) is 0. The van der Waals surface area contributed by atoms with Crippen LogP contribution in [0.1, 0.15) is 19.3 Å². The Kier molecular flexibility index (Phi) is 3.43. The summed E-state index contributed by atoms with van der Waals surface area (Å²) < 4.78 is 39.1. The Bertz CT molecular complexity index is 510. The molecule has 3 rings (SSSR count). The largest absolute Gasteiger partial charge is 0.335 e. The molecule has 1 saturated carbocycles.